The Labute approximate surface area is 133 Å². The molecular weight excluding hydrogens is 303 g/mol. The van der Waals surface area contributed by atoms with Crippen LogP contribution in [-0.2, 0) is 14.4 Å². The smallest absolute Gasteiger partial charge is 0.328 e. The second-order valence-corrected chi connectivity index (χ2v) is 5.41. The van der Waals surface area contributed by atoms with Gasteiger partial charge in [0.05, 0.1) is 0 Å². The number of likely N-dealkylation sites (tertiary alicyclic amines) is 1. The predicted octanol–water partition coefficient (Wildman–Crippen LogP) is 1.28. The van der Waals surface area contributed by atoms with Crippen molar-refractivity contribution in [1.82, 2.24) is 10.2 Å². The average Bonchev–Trinajstić information content (AvgIpc) is 2.55. The number of rotatable bonds is 6. The van der Waals surface area contributed by atoms with E-state index >= 15 is 0 Å². The fourth-order valence-corrected chi connectivity index (χ4v) is 2.62. The minimum Gasteiger partial charge on any atom is -0.480 e. The molecule has 2 amide bonds. The molecule has 0 radical (unpaired) electrons. The lowest BCUT2D eigenvalue weighted by molar-refractivity contribution is -0.146. The number of alkyl halides is 1. The van der Waals surface area contributed by atoms with Crippen LogP contribution in [0.5, 0.6) is 0 Å². The highest BCUT2D eigenvalue weighted by atomic mass is 19.1. The molecule has 1 aromatic rings. The molecule has 2 atom stereocenters. The summed E-state index contributed by atoms with van der Waals surface area (Å²) in [6, 6.07) is 6.06. The summed E-state index contributed by atoms with van der Waals surface area (Å²) in [6.45, 7) is -0.796. The van der Waals surface area contributed by atoms with Gasteiger partial charge in [-0.3, -0.25) is 9.59 Å². The third-order valence-electron chi connectivity index (χ3n) is 3.80. The van der Waals surface area contributed by atoms with Crippen LogP contribution in [0.3, 0.4) is 0 Å². The molecule has 2 rings (SSSR count). The Morgan fingerprint density at radius 3 is 2.52 bits per heavy atom. The lowest BCUT2D eigenvalue weighted by Gasteiger charge is -2.34. The number of nitrogens with zero attached hydrogens (tertiary/aromatic N) is 1. The Bertz CT molecular complexity index is 579. The number of carbonyl (C=O) groups is 3. The van der Waals surface area contributed by atoms with Crippen LogP contribution in [0, 0.1) is 0 Å². The molecule has 0 aliphatic carbocycles. The number of carboxylic acid groups (broad SMARTS) is 1. The Balaban J connectivity index is 2.28. The van der Waals surface area contributed by atoms with E-state index in [4.69, 9.17) is 5.11 Å². The fraction of sp³-hybridized carbons (Fsp3) is 0.438. The van der Waals surface area contributed by atoms with E-state index in [1.807, 2.05) is 0 Å². The Morgan fingerprint density at radius 1 is 1.26 bits per heavy atom. The summed E-state index contributed by atoms with van der Waals surface area (Å²) >= 11 is 0. The summed E-state index contributed by atoms with van der Waals surface area (Å²) in [7, 11) is 0. The van der Waals surface area contributed by atoms with Crippen LogP contribution in [0.15, 0.2) is 30.3 Å². The second kappa shape index (κ2) is 7.71. The number of carboxylic acids is 1. The molecule has 2 N–H and O–H groups in total. The topological polar surface area (TPSA) is 86.7 Å². The van der Waals surface area contributed by atoms with Gasteiger partial charge in [0.15, 0.2) is 6.04 Å². The lowest BCUT2D eigenvalue weighted by atomic mass is 10.00. The molecule has 1 heterocycles. The van der Waals surface area contributed by atoms with Gasteiger partial charge in [-0.05, 0) is 18.4 Å². The lowest BCUT2D eigenvalue weighted by Crippen LogP contribution is -2.50. The molecule has 124 valence electrons. The van der Waals surface area contributed by atoms with Gasteiger partial charge >= 0.3 is 5.97 Å². The van der Waals surface area contributed by atoms with Gasteiger partial charge in [0.25, 0.3) is 0 Å². The molecule has 0 bridgehead atoms. The van der Waals surface area contributed by atoms with Crippen LogP contribution in [0.2, 0.25) is 0 Å². The predicted molar refractivity (Wildman–Crippen MR) is 80.3 cm³/mol. The summed E-state index contributed by atoms with van der Waals surface area (Å²) in [5.74, 6) is -2.29. The third-order valence-corrected chi connectivity index (χ3v) is 3.80. The molecule has 0 aromatic heterocycles. The van der Waals surface area contributed by atoms with Gasteiger partial charge in [-0.25, -0.2) is 9.18 Å². The number of piperidine rings is 1. The molecule has 7 heteroatoms. The fourth-order valence-electron chi connectivity index (χ4n) is 2.62. The van der Waals surface area contributed by atoms with Crippen LogP contribution in [0.1, 0.15) is 30.9 Å². The Hall–Kier alpha value is -2.44. The Morgan fingerprint density at radius 2 is 1.96 bits per heavy atom. The van der Waals surface area contributed by atoms with Crippen LogP contribution >= 0.6 is 0 Å². The van der Waals surface area contributed by atoms with E-state index in [0.29, 0.717) is 18.5 Å². The van der Waals surface area contributed by atoms with Crippen molar-refractivity contribution in [2.45, 2.75) is 31.3 Å². The van der Waals surface area contributed by atoms with Crippen molar-refractivity contribution in [2.24, 2.45) is 0 Å². The molecule has 0 saturated carbocycles. The Kier molecular flexibility index (Phi) is 5.67. The first-order valence-corrected chi connectivity index (χ1v) is 7.48. The highest BCUT2D eigenvalue weighted by molar-refractivity contribution is 5.91. The number of hydrogen-bond donors (Lipinski definition) is 2. The summed E-state index contributed by atoms with van der Waals surface area (Å²) in [5, 5.41) is 11.1. The molecule has 1 saturated heterocycles. The zero-order chi connectivity index (χ0) is 16.8. The highest BCUT2D eigenvalue weighted by Crippen LogP contribution is 2.25. The number of halogens is 1. The standard InChI is InChI=1S/C16H19FN2O4/c17-10-12(16(22)23)18-15(21)14(11-6-2-1-3-7-11)19-9-5-4-8-13(19)20/h1-3,6-7,12,14H,4-5,8-10H2,(H,18,21)(H,22,23). The van der Waals surface area contributed by atoms with Crippen molar-refractivity contribution in [3.05, 3.63) is 35.9 Å². The van der Waals surface area contributed by atoms with E-state index in [1.165, 1.54) is 4.90 Å². The maximum atomic E-state index is 12.8. The summed E-state index contributed by atoms with van der Waals surface area (Å²) in [6.07, 6.45) is 1.89. The van der Waals surface area contributed by atoms with Gasteiger partial charge in [0, 0.05) is 13.0 Å². The van der Waals surface area contributed by atoms with Crippen molar-refractivity contribution >= 4 is 17.8 Å². The normalized spacial score (nSPS) is 17.4. The first-order chi connectivity index (χ1) is 11.0. The largest absolute Gasteiger partial charge is 0.480 e. The zero-order valence-electron chi connectivity index (χ0n) is 12.6. The minimum atomic E-state index is -1.62. The van der Waals surface area contributed by atoms with Crippen molar-refractivity contribution in [2.75, 3.05) is 13.2 Å². The molecule has 1 fully saturated rings. The van der Waals surface area contributed by atoms with E-state index in [0.717, 1.165) is 12.8 Å². The van der Waals surface area contributed by atoms with E-state index in [1.54, 1.807) is 30.3 Å². The number of benzene rings is 1. The summed E-state index contributed by atoms with van der Waals surface area (Å²) < 4.78 is 12.8. The number of carbonyl (C=O) groups excluding carboxylic acids is 2. The quantitative estimate of drug-likeness (QED) is 0.826. The number of hydrogen-bond acceptors (Lipinski definition) is 3. The van der Waals surface area contributed by atoms with E-state index in [-0.39, 0.29) is 5.91 Å². The molecule has 1 aliphatic rings. The maximum Gasteiger partial charge on any atom is 0.328 e. The highest BCUT2D eigenvalue weighted by Gasteiger charge is 2.34. The molecule has 6 nitrogen and oxygen atoms in total. The molecule has 1 aromatic carbocycles. The molecular formula is C16H19FN2O4. The van der Waals surface area contributed by atoms with Crippen molar-refractivity contribution in [3.63, 3.8) is 0 Å². The number of nitrogens with one attached hydrogen (secondary N) is 1. The number of aliphatic carboxylic acids is 1. The number of amides is 2. The van der Waals surface area contributed by atoms with E-state index < -0.39 is 30.6 Å². The monoisotopic (exact) mass is 322 g/mol. The molecule has 1 aliphatic heterocycles. The van der Waals surface area contributed by atoms with Crippen molar-refractivity contribution in [1.29, 1.82) is 0 Å². The first kappa shape index (κ1) is 16.9. The third kappa shape index (κ3) is 4.06. The molecule has 23 heavy (non-hydrogen) atoms. The van der Waals surface area contributed by atoms with Gasteiger partial charge < -0.3 is 15.3 Å². The van der Waals surface area contributed by atoms with Crippen LogP contribution in [0.25, 0.3) is 0 Å². The van der Waals surface area contributed by atoms with E-state index in [2.05, 4.69) is 5.32 Å². The molecule has 2 unspecified atom stereocenters. The van der Waals surface area contributed by atoms with E-state index in [9.17, 15) is 18.8 Å². The van der Waals surface area contributed by atoms with Gasteiger partial charge in [-0.15, -0.1) is 0 Å². The second-order valence-electron chi connectivity index (χ2n) is 5.41. The molecule has 0 spiro atoms. The summed E-state index contributed by atoms with van der Waals surface area (Å²) in [4.78, 5) is 37.1. The summed E-state index contributed by atoms with van der Waals surface area (Å²) in [5.41, 5.74) is 0.572. The van der Waals surface area contributed by atoms with Crippen LogP contribution < -0.4 is 5.32 Å². The van der Waals surface area contributed by atoms with Gasteiger partial charge in [-0.2, -0.15) is 0 Å². The van der Waals surface area contributed by atoms with Crippen molar-refractivity contribution < 1.29 is 23.9 Å². The van der Waals surface area contributed by atoms with Crippen LogP contribution in [-0.4, -0.2) is 47.1 Å². The average molecular weight is 322 g/mol. The zero-order valence-corrected chi connectivity index (χ0v) is 12.6. The van der Waals surface area contributed by atoms with Gasteiger partial charge in [-0.1, -0.05) is 30.3 Å². The minimum absolute atomic E-state index is 0.160. The maximum absolute atomic E-state index is 12.8. The first-order valence-electron chi connectivity index (χ1n) is 7.48. The van der Waals surface area contributed by atoms with Gasteiger partial charge in [0.2, 0.25) is 11.8 Å². The van der Waals surface area contributed by atoms with Gasteiger partial charge in [0.1, 0.15) is 12.7 Å². The van der Waals surface area contributed by atoms with Crippen LogP contribution in [0.4, 0.5) is 4.39 Å². The van der Waals surface area contributed by atoms with Crippen molar-refractivity contribution in [3.8, 4) is 0 Å². The SMILES string of the molecule is O=C(O)C(CF)NC(=O)C(c1ccccc1)N1CCCCC1=O.